The van der Waals surface area contributed by atoms with Crippen molar-refractivity contribution in [3.63, 3.8) is 0 Å². The van der Waals surface area contributed by atoms with E-state index >= 15 is 0 Å². The molecule has 0 saturated heterocycles. The molecule has 0 amide bonds. The zero-order valence-electron chi connectivity index (χ0n) is 12.6. The first kappa shape index (κ1) is 14.1. The average molecular weight is 293 g/mol. The molecule has 0 spiro atoms. The molecule has 3 aromatic rings. The lowest BCUT2D eigenvalue weighted by atomic mass is 10.0. The molecule has 3 rings (SSSR count). The Hall–Kier alpha value is -2.81. The minimum Gasteiger partial charge on any atom is -0.497 e. The van der Waals surface area contributed by atoms with Gasteiger partial charge in [-0.15, -0.1) is 0 Å². The first-order valence-corrected chi connectivity index (χ1v) is 7.01. The zero-order valence-corrected chi connectivity index (χ0v) is 12.6. The molecule has 22 heavy (non-hydrogen) atoms. The van der Waals surface area contributed by atoms with E-state index in [1.807, 2.05) is 60.7 Å². The van der Waals surface area contributed by atoms with Crippen LogP contribution in [0.1, 0.15) is 0 Å². The summed E-state index contributed by atoms with van der Waals surface area (Å²) in [7, 11) is 3.32. The molecule has 110 valence electrons. The number of methoxy groups -OCH3 is 2. The summed E-state index contributed by atoms with van der Waals surface area (Å²) in [6, 6.07) is 19.8. The summed E-state index contributed by atoms with van der Waals surface area (Å²) < 4.78 is 16.0. The number of rotatable bonds is 4. The van der Waals surface area contributed by atoms with E-state index in [1.54, 1.807) is 20.5 Å². The maximum Gasteiger partial charge on any atom is 0.360 e. The standard InChI is InChI=1S/C19H17O3/c1-20-17-7-3-14(4-8-17)16-11-12-22-19(13-16)15-5-9-18(21-2)10-6-15/h3-13H,1-2H3/q+1. The maximum absolute atomic E-state index is 5.63. The van der Waals surface area contributed by atoms with E-state index in [-0.39, 0.29) is 0 Å². The smallest absolute Gasteiger partial charge is 0.360 e. The molecule has 2 aromatic carbocycles. The van der Waals surface area contributed by atoms with Crippen molar-refractivity contribution in [2.45, 2.75) is 0 Å². The molecule has 0 aliphatic rings. The maximum atomic E-state index is 5.63. The molecule has 3 nitrogen and oxygen atoms in total. The Morgan fingerprint density at radius 2 is 1.18 bits per heavy atom. The molecular weight excluding hydrogens is 276 g/mol. The van der Waals surface area contributed by atoms with E-state index < -0.39 is 0 Å². The van der Waals surface area contributed by atoms with E-state index in [9.17, 15) is 0 Å². The summed E-state index contributed by atoms with van der Waals surface area (Å²) in [6.07, 6.45) is 1.71. The molecule has 0 bridgehead atoms. The van der Waals surface area contributed by atoms with Crippen LogP contribution in [0, 0.1) is 0 Å². The number of ether oxygens (including phenoxy) is 2. The van der Waals surface area contributed by atoms with Gasteiger partial charge in [0.05, 0.1) is 25.8 Å². The summed E-state index contributed by atoms with van der Waals surface area (Å²) in [5.41, 5.74) is 3.22. The van der Waals surface area contributed by atoms with Gasteiger partial charge in [-0.3, -0.25) is 0 Å². The van der Waals surface area contributed by atoms with Gasteiger partial charge < -0.3 is 9.47 Å². The van der Waals surface area contributed by atoms with E-state index in [0.29, 0.717) is 0 Å². The van der Waals surface area contributed by atoms with Crippen LogP contribution >= 0.6 is 0 Å². The molecule has 0 radical (unpaired) electrons. The minimum atomic E-state index is 0.816. The van der Waals surface area contributed by atoms with Gasteiger partial charge in [0.2, 0.25) is 0 Å². The fourth-order valence-electron chi connectivity index (χ4n) is 2.27. The second-order valence-corrected chi connectivity index (χ2v) is 4.84. The Balaban J connectivity index is 1.93. The molecule has 0 aliphatic heterocycles. The van der Waals surface area contributed by atoms with Crippen molar-refractivity contribution < 1.29 is 13.9 Å². The largest absolute Gasteiger partial charge is 0.497 e. The quantitative estimate of drug-likeness (QED) is 0.640. The molecule has 1 aromatic heterocycles. The van der Waals surface area contributed by atoms with Crippen molar-refractivity contribution in [1.82, 2.24) is 0 Å². The van der Waals surface area contributed by atoms with Crippen LogP contribution in [-0.4, -0.2) is 14.2 Å². The summed E-state index contributed by atoms with van der Waals surface area (Å²) >= 11 is 0. The normalized spacial score (nSPS) is 10.3. The van der Waals surface area contributed by atoms with E-state index in [4.69, 9.17) is 13.9 Å². The predicted octanol–water partition coefficient (Wildman–Crippen LogP) is 4.91. The van der Waals surface area contributed by atoms with Gasteiger partial charge in [0, 0.05) is 6.07 Å². The van der Waals surface area contributed by atoms with Gasteiger partial charge in [0.25, 0.3) is 0 Å². The fraction of sp³-hybridized carbons (Fsp3) is 0.105. The lowest BCUT2D eigenvalue weighted by molar-refractivity contribution is 0.414. The van der Waals surface area contributed by atoms with Gasteiger partial charge in [0.1, 0.15) is 11.5 Å². The molecular formula is C19H17O3+. The monoisotopic (exact) mass is 293 g/mol. The molecule has 0 unspecified atom stereocenters. The Morgan fingerprint density at radius 1 is 0.636 bits per heavy atom. The van der Waals surface area contributed by atoms with Crippen LogP contribution in [0.5, 0.6) is 11.5 Å². The minimum absolute atomic E-state index is 0.816. The van der Waals surface area contributed by atoms with Gasteiger partial charge in [0.15, 0.2) is 0 Å². The summed E-state index contributed by atoms with van der Waals surface area (Å²) in [5, 5.41) is 0. The Morgan fingerprint density at radius 3 is 1.73 bits per heavy atom. The first-order chi connectivity index (χ1) is 10.8. The SMILES string of the molecule is COc1ccc(-c2cc[o+]c(-c3ccc(OC)cc3)c2)cc1. The zero-order chi connectivity index (χ0) is 15.4. The van der Waals surface area contributed by atoms with Crippen molar-refractivity contribution in [2.75, 3.05) is 14.2 Å². The van der Waals surface area contributed by atoms with Crippen LogP contribution in [-0.2, 0) is 0 Å². The summed E-state index contributed by atoms with van der Waals surface area (Å²) in [6.45, 7) is 0. The highest BCUT2D eigenvalue weighted by Crippen LogP contribution is 2.28. The van der Waals surface area contributed by atoms with Crippen molar-refractivity contribution in [3.05, 3.63) is 66.9 Å². The van der Waals surface area contributed by atoms with Gasteiger partial charge in [-0.25, -0.2) is 4.42 Å². The van der Waals surface area contributed by atoms with Gasteiger partial charge in [-0.2, -0.15) is 0 Å². The highest BCUT2D eigenvalue weighted by molar-refractivity contribution is 5.69. The third kappa shape index (κ3) is 2.93. The molecule has 0 atom stereocenters. The van der Waals surface area contributed by atoms with Crippen molar-refractivity contribution in [3.8, 4) is 33.9 Å². The summed E-state index contributed by atoms with van der Waals surface area (Å²) in [5.74, 6) is 2.49. The number of hydrogen-bond donors (Lipinski definition) is 0. The van der Waals surface area contributed by atoms with E-state index in [1.165, 1.54) is 0 Å². The Labute approximate surface area is 129 Å². The fourth-order valence-corrected chi connectivity index (χ4v) is 2.27. The highest BCUT2D eigenvalue weighted by Gasteiger charge is 2.13. The molecule has 0 N–H and O–H groups in total. The highest BCUT2D eigenvalue weighted by atomic mass is 16.5. The van der Waals surface area contributed by atoms with Crippen LogP contribution in [0.2, 0.25) is 0 Å². The van der Waals surface area contributed by atoms with Crippen LogP contribution in [0.4, 0.5) is 0 Å². The van der Waals surface area contributed by atoms with Crippen LogP contribution in [0.3, 0.4) is 0 Å². The van der Waals surface area contributed by atoms with Crippen LogP contribution < -0.4 is 9.47 Å². The van der Waals surface area contributed by atoms with Gasteiger partial charge >= 0.3 is 12.0 Å². The molecule has 1 heterocycles. The molecule has 0 saturated carbocycles. The van der Waals surface area contributed by atoms with Gasteiger partial charge in [-0.05, 0) is 47.5 Å². The second kappa shape index (κ2) is 6.31. The molecule has 0 aliphatic carbocycles. The second-order valence-electron chi connectivity index (χ2n) is 4.84. The molecule has 0 fully saturated rings. The van der Waals surface area contributed by atoms with Crippen LogP contribution in [0.15, 0.2) is 71.3 Å². The van der Waals surface area contributed by atoms with E-state index in [2.05, 4.69) is 0 Å². The predicted molar refractivity (Wildman–Crippen MR) is 87.1 cm³/mol. The third-order valence-electron chi connectivity index (χ3n) is 3.53. The lowest BCUT2D eigenvalue weighted by Crippen LogP contribution is -1.85. The summed E-state index contributed by atoms with van der Waals surface area (Å²) in [4.78, 5) is 0. The topological polar surface area (TPSA) is 29.8 Å². The van der Waals surface area contributed by atoms with Crippen molar-refractivity contribution in [1.29, 1.82) is 0 Å². The van der Waals surface area contributed by atoms with Crippen molar-refractivity contribution >= 4 is 0 Å². The third-order valence-corrected chi connectivity index (χ3v) is 3.53. The average Bonchev–Trinajstić information content (AvgIpc) is 2.62. The molecule has 3 heteroatoms. The van der Waals surface area contributed by atoms with Crippen LogP contribution in [0.25, 0.3) is 22.5 Å². The number of benzene rings is 2. The Bertz CT molecular complexity index is 684. The number of hydrogen-bond acceptors (Lipinski definition) is 2. The van der Waals surface area contributed by atoms with Crippen molar-refractivity contribution in [2.24, 2.45) is 0 Å². The van der Waals surface area contributed by atoms with E-state index in [0.717, 1.165) is 33.9 Å². The van der Waals surface area contributed by atoms with Gasteiger partial charge in [-0.1, -0.05) is 12.1 Å². The lowest BCUT2D eigenvalue weighted by Gasteiger charge is -2.03. The first-order valence-electron chi connectivity index (χ1n) is 7.01. The Kier molecular flexibility index (Phi) is 4.05.